The molecule has 0 aliphatic heterocycles. The first-order chi connectivity index (χ1) is 16.8. The van der Waals surface area contributed by atoms with Crippen LogP contribution < -0.4 is 9.47 Å². The Morgan fingerprint density at radius 2 is 1.66 bits per heavy atom. The number of benzene rings is 2. The van der Waals surface area contributed by atoms with Crippen LogP contribution in [0.3, 0.4) is 0 Å². The lowest BCUT2D eigenvalue weighted by atomic mass is 10.0. The Bertz CT molecular complexity index is 1030. The van der Waals surface area contributed by atoms with Crippen LogP contribution in [0.5, 0.6) is 17.4 Å². The average Bonchev–Trinajstić information content (AvgIpc) is 3.21. The number of aliphatic hydroxyl groups excluding tert-OH is 1. The van der Waals surface area contributed by atoms with Crippen molar-refractivity contribution in [2.24, 2.45) is 0 Å². The Kier molecular flexibility index (Phi) is 9.72. The molecule has 1 N–H and O–H groups in total. The van der Waals surface area contributed by atoms with E-state index < -0.39 is 6.10 Å². The zero-order valence-corrected chi connectivity index (χ0v) is 21.8. The normalized spacial score (nSPS) is 12.5. The van der Waals surface area contributed by atoms with Gasteiger partial charge in [0.25, 0.3) is 0 Å². The molecule has 0 aliphatic rings. The van der Waals surface area contributed by atoms with Crippen LogP contribution in [0.15, 0.2) is 54.6 Å². The molecule has 0 unspecified atom stereocenters. The first-order valence-corrected chi connectivity index (χ1v) is 12.3. The van der Waals surface area contributed by atoms with Crippen molar-refractivity contribution in [3.8, 4) is 23.1 Å². The summed E-state index contributed by atoms with van der Waals surface area (Å²) in [7, 11) is 1.66. The molecule has 1 aromatic heterocycles. The summed E-state index contributed by atoms with van der Waals surface area (Å²) in [5.41, 5.74) is 2.87. The molecule has 0 fully saturated rings. The molecule has 35 heavy (non-hydrogen) atoms. The number of aliphatic hydroxyl groups is 1. The maximum Gasteiger partial charge on any atom is 0.227 e. The minimum atomic E-state index is -0.574. The highest BCUT2D eigenvalue weighted by molar-refractivity contribution is 5.46. The lowest BCUT2D eigenvalue weighted by Crippen LogP contribution is -2.39. The van der Waals surface area contributed by atoms with E-state index >= 15 is 0 Å². The standard InChI is InChI=1S/C28H39N3O4/c1-7-34-19-23(32)17-30(21(4)5)18-26-27(20(2)3)29-31(22-13-15-24(33-6)16-14-22)28(26)35-25-11-9-8-10-12-25/h8-16,20-21,23,32H,7,17-19H2,1-6H3/t23-/m0/s1. The molecule has 0 amide bonds. The number of hydrogen-bond donors (Lipinski definition) is 1. The van der Waals surface area contributed by atoms with Gasteiger partial charge in [0.05, 0.1) is 36.8 Å². The van der Waals surface area contributed by atoms with E-state index in [9.17, 15) is 5.11 Å². The van der Waals surface area contributed by atoms with Crippen molar-refractivity contribution < 1.29 is 19.3 Å². The summed E-state index contributed by atoms with van der Waals surface area (Å²) in [6.45, 7) is 12.5. The summed E-state index contributed by atoms with van der Waals surface area (Å²) in [5.74, 6) is 2.39. The van der Waals surface area contributed by atoms with Gasteiger partial charge in [-0.25, -0.2) is 4.68 Å². The van der Waals surface area contributed by atoms with Crippen molar-refractivity contribution in [1.82, 2.24) is 14.7 Å². The number of aromatic nitrogens is 2. The van der Waals surface area contributed by atoms with Crippen molar-refractivity contribution in [1.29, 1.82) is 0 Å². The molecule has 0 saturated heterocycles. The lowest BCUT2D eigenvalue weighted by Gasteiger charge is -2.29. The van der Waals surface area contributed by atoms with E-state index in [0.717, 1.165) is 28.4 Å². The molecular weight excluding hydrogens is 442 g/mol. The SMILES string of the molecule is CCOC[C@@H](O)CN(Cc1c(C(C)C)nn(-c2ccc(OC)cc2)c1Oc1ccccc1)C(C)C. The van der Waals surface area contributed by atoms with Crippen LogP contribution >= 0.6 is 0 Å². The summed E-state index contributed by atoms with van der Waals surface area (Å²) in [6.07, 6.45) is -0.574. The first kappa shape index (κ1) is 26.7. The second kappa shape index (κ2) is 12.7. The Balaban J connectivity index is 2.06. The van der Waals surface area contributed by atoms with Gasteiger partial charge in [0.2, 0.25) is 5.88 Å². The highest BCUT2D eigenvalue weighted by atomic mass is 16.5. The number of methoxy groups -OCH3 is 1. The molecule has 0 spiro atoms. The number of rotatable bonds is 13. The predicted molar refractivity (Wildman–Crippen MR) is 139 cm³/mol. The Hall–Kier alpha value is -2.87. The van der Waals surface area contributed by atoms with Crippen molar-refractivity contribution in [3.63, 3.8) is 0 Å². The minimum absolute atomic E-state index is 0.185. The van der Waals surface area contributed by atoms with Gasteiger partial charge in [-0.1, -0.05) is 32.0 Å². The van der Waals surface area contributed by atoms with E-state index in [0.29, 0.717) is 32.2 Å². The van der Waals surface area contributed by atoms with Crippen LogP contribution in [0, 0.1) is 0 Å². The number of nitrogens with zero attached hydrogens (tertiary/aromatic N) is 3. The summed E-state index contributed by atoms with van der Waals surface area (Å²) < 4.78 is 19.1. The van der Waals surface area contributed by atoms with Gasteiger partial charge < -0.3 is 19.3 Å². The van der Waals surface area contributed by atoms with Gasteiger partial charge in [-0.3, -0.25) is 4.90 Å². The quantitative estimate of drug-likeness (QED) is 0.352. The van der Waals surface area contributed by atoms with Crippen molar-refractivity contribution in [2.75, 3.05) is 26.9 Å². The maximum absolute atomic E-state index is 10.6. The van der Waals surface area contributed by atoms with Crippen LogP contribution in [0.2, 0.25) is 0 Å². The molecule has 2 aromatic carbocycles. The number of para-hydroxylation sites is 1. The largest absolute Gasteiger partial charge is 0.497 e. The Morgan fingerprint density at radius 3 is 2.23 bits per heavy atom. The lowest BCUT2D eigenvalue weighted by molar-refractivity contribution is 0.0131. The average molecular weight is 482 g/mol. The molecule has 1 atom stereocenters. The fourth-order valence-corrected chi connectivity index (χ4v) is 3.91. The van der Waals surface area contributed by atoms with Gasteiger partial charge in [0.15, 0.2) is 0 Å². The topological polar surface area (TPSA) is 69.0 Å². The number of ether oxygens (including phenoxy) is 3. The minimum Gasteiger partial charge on any atom is -0.497 e. The van der Waals surface area contributed by atoms with Gasteiger partial charge in [0.1, 0.15) is 11.5 Å². The van der Waals surface area contributed by atoms with Crippen LogP contribution in [0.25, 0.3) is 5.69 Å². The van der Waals surface area contributed by atoms with Gasteiger partial charge in [-0.2, -0.15) is 5.10 Å². The smallest absolute Gasteiger partial charge is 0.227 e. The third kappa shape index (κ3) is 7.07. The van der Waals surface area contributed by atoms with E-state index in [1.54, 1.807) is 7.11 Å². The molecule has 7 nitrogen and oxygen atoms in total. The monoisotopic (exact) mass is 481 g/mol. The summed E-state index contributed by atoms with van der Waals surface area (Å²) >= 11 is 0. The van der Waals surface area contributed by atoms with E-state index in [1.807, 2.05) is 66.2 Å². The zero-order valence-electron chi connectivity index (χ0n) is 21.8. The first-order valence-electron chi connectivity index (χ1n) is 12.3. The Labute approximate surface area is 209 Å². The van der Waals surface area contributed by atoms with Gasteiger partial charge >= 0.3 is 0 Å². The van der Waals surface area contributed by atoms with Gasteiger partial charge in [-0.15, -0.1) is 0 Å². The molecule has 0 saturated carbocycles. The molecular formula is C28H39N3O4. The van der Waals surface area contributed by atoms with Crippen LogP contribution in [-0.2, 0) is 11.3 Å². The van der Waals surface area contributed by atoms with Crippen molar-refractivity contribution >= 4 is 0 Å². The molecule has 1 heterocycles. The van der Waals surface area contributed by atoms with Gasteiger partial charge in [0, 0.05) is 25.7 Å². The van der Waals surface area contributed by atoms with E-state index in [2.05, 4.69) is 32.6 Å². The molecule has 0 radical (unpaired) electrons. The molecule has 190 valence electrons. The summed E-state index contributed by atoms with van der Waals surface area (Å²) in [6, 6.07) is 17.8. The van der Waals surface area contributed by atoms with Crippen LogP contribution in [0.4, 0.5) is 0 Å². The summed E-state index contributed by atoms with van der Waals surface area (Å²) in [5, 5.41) is 15.6. The summed E-state index contributed by atoms with van der Waals surface area (Å²) in [4.78, 5) is 2.24. The van der Waals surface area contributed by atoms with Crippen LogP contribution in [0.1, 0.15) is 51.8 Å². The fraction of sp³-hybridized carbons (Fsp3) is 0.464. The Morgan fingerprint density at radius 1 is 0.971 bits per heavy atom. The third-order valence-electron chi connectivity index (χ3n) is 5.84. The fourth-order valence-electron chi connectivity index (χ4n) is 3.91. The second-order valence-corrected chi connectivity index (χ2v) is 9.19. The molecule has 7 heteroatoms. The highest BCUT2D eigenvalue weighted by Crippen LogP contribution is 2.35. The third-order valence-corrected chi connectivity index (χ3v) is 5.84. The number of hydrogen-bond acceptors (Lipinski definition) is 6. The van der Waals surface area contributed by atoms with Gasteiger partial charge in [-0.05, 0) is 63.1 Å². The van der Waals surface area contributed by atoms with E-state index in [1.165, 1.54) is 0 Å². The highest BCUT2D eigenvalue weighted by Gasteiger charge is 2.26. The molecule has 0 aliphatic carbocycles. The maximum atomic E-state index is 10.6. The second-order valence-electron chi connectivity index (χ2n) is 9.19. The molecule has 3 aromatic rings. The van der Waals surface area contributed by atoms with E-state index in [4.69, 9.17) is 19.3 Å². The van der Waals surface area contributed by atoms with Crippen LogP contribution in [-0.4, -0.2) is 58.8 Å². The van der Waals surface area contributed by atoms with Crippen molar-refractivity contribution in [2.45, 2.75) is 59.2 Å². The molecule has 3 rings (SSSR count). The van der Waals surface area contributed by atoms with E-state index in [-0.39, 0.29) is 12.0 Å². The predicted octanol–water partition coefficient (Wildman–Crippen LogP) is 5.40. The zero-order chi connectivity index (χ0) is 25.4. The molecule has 0 bridgehead atoms. The van der Waals surface area contributed by atoms with Crippen molar-refractivity contribution in [3.05, 3.63) is 65.9 Å².